The molecule has 1 heterocycles. The number of aliphatic hydroxyl groups is 1. The third-order valence-corrected chi connectivity index (χ3v) is 9.33. The summed E-state index contributed by atoms with van der Waals surface area (Å²) in [6.07, 6.45) is 4.42. The molecule has 5 rings (SSSR count). The monoisotopic (exact) mass is 432 g/mol. The number of carbonyl (C=O) groups is 3. The van der Waals surface area contributed by atoms with Crippen molar-refractivity contribution in [2.75, 3.05) is 6.61 Å². The molecule has 0 amide bonds. The van der Waals surface area contributed by atoms with Gasteiger partial charge in [0.1, 0.15) is 17.4 Å². The van der Waals surface area contributed by atoms with E-state index in [1.165, 1.54) is 19.1 Å². The van der Waals surface area contributed by atoms with Gasteiger partial charge in [0.05, 0.1) is 6.10 Å². The van der Waals surface area contributed by atoms with E-state index in [9.17, 15) is 19.5 Å². The molecule has 0 bridgehead atoms. The van der Waals surface area contributed by atoms with Crippen LogP contribution in [0.1, 0.15) is 47.0 Å². The zero-order chi connectivity index (χ0) is 22.6. The van der Waals surface area contributed by atoms with Crippen molar-refractivity contribution < 1.29 is 33.4 Å². The first-order chi connectivity index (χ1) is 14.4. The molecule has 5 aliphatic rings. The molecule has 0 unspecified atom stereocenters. The number of halogens is 1. The maximum Gasteiger partial charge on any atom is 0.303 e. The second kappa shape index (κ2) is 6.13. The lowest BCUT2D eigenvalue weighted by Gasteiger charge is -2.56. The van der Waals surface area contributed by atoms with Crippen LogP contribution in [-0.4, -0.2) is 52.7 Å². The average Bonchev–Trinajstić information content (AvgIpc) is 3.38. The maximum atomic E-state index is 15.4. The minimum atomic E-state index is -1.67. The molecule has 1 N–H and O–H groups in total. The Kier molecular flexibility index (Phi) is 4.16. The molecule has 3 saturated carbocycles. The number of Topliss-reactive ketones (excluding diaryl/α,β-unsaturated/α-hetero) is 1. The number of hydrogen-bond acceptors (Lipinski definition) is 6. The summed E-state index contributed by atoms with van der Waals surface area (Å²) < 4.78 is 26.7. The Morgan fingerprint density at radius 2 is 2.00 bits per heavy atom. The largest absolute Gasteiger partial charge is 0.458 e. The highest BCUT2D eigenvalue weighted by Crippen LogP contribution is 2.76. The molecular weight excluding hydrogens is 403 g/mol. The lowest BCUT2D eigenvalue weighted by molar-refractivity contribution is -0.171. The van der Waals surface area contributed by atoms with E-state index in [0.717, 1.165) is 0 Å². The van der Waals surface area contributed by atoms with E-state index in [1.54, 1.807) is 6.08 Å². The first kappa shape index (κ1) is 21.0. The van der Waals surface area contributed by atoms with E-state index in [1.807, 2.05) is 20.8 Å². The average molecular weight is 432 g/mol. The molecule has 4 fully saturated rings. The molecule has 0 aromatic rings. The van der Waals surface area contributed by atoms with Gasteiger partial charge in [-0.15, -0.1) is 0 Å². The van der Waals surface area contributed by atoms with Gasteiger partial charge in [0, 0.05) is 17.8 Å². The van der Waals surface area contributed by atoms with Gasteiger partial charge in [-0.2, -0.15) is 0 Å². The first-order valence-electron chi connectivity index (χ1n) is 11.1. The van der Waals surface area contributed by atoms with Gasteiger partial charge in [-0.1, -0.05) is 19.9 Å². The molecule has 6 nitrogen and oxygen atoms in total. The van der Waals surface area contributed by atoms with Crippen LogP contribution >= 0.6 is 0 Å². The molecule has 9 atom stereocenters. The molecule has 1 spiro atoms. The van der Waals surface area contributed by atoms with Crippen LogP contribution in [-0.2, 0) is 23.9 Å². The van der Waals surface area contributed by atoms with Crippen molar-refractivity contribution in [1.82, 2.24) is 0 Å². The molecule has 0 radical (unpaired) electrons. The molecule has 1 saturated heterocycles. The van der Waals surface area contributed by atoms with Crippen molar-refractivity contribution in [2.45, 2.75) is 70.4 Å². The Bertz CT molecular complexity index is 956. The minimum Gasteiger partial charge on any atom is -0.458 e. The van der Waals surface area contributed by atoms with Gasteiger partial charge in [-0.3, -0.25) is 14.4 Å². The van der Waals surface area contributed by atoms with Crippen LogP contribution in [0.2, 0.25) is 0 Å². The summed E-state index contributed by atoms with van der Waals surface area (Å²) in [4.78, 5) is 36.3. The number of allylic oxidation sites excluding steroid dienone is 2. The van der Waals surface area contributed by atoms with E-state index in [4.69, 9.17) is 9.47 Å². The normalized spacial score (nSPS) is 51.7. The lowest BCUT2D eigenvalue weighted by Crippen LogP contribution is -2.63. The van der Waals surface area contributed by atoms with Gasteiger partial charge in [0.25, 0.3) is 0 Å². The zero-order valence-corrected chi connectivity index (χ0v) is 18.3. The second-order valence-electron chi connectivity index (χ2n) is 10.6. The van der Waals surface area contributed by atoms with Crippen molar-refractivity contribution in [1.29, 1.82) is 0 Å². The molecule has 1 aliphatic heterocycles. The number of ketones is 2. The smallest absolute Gasteiger partial charge is 0.303 e. The fourth-order valence-electron chi connectivity index (χ4n) is 7.85. The second-order valence-corrected chi connectivity index (χ2v) is 10.6. The molecular formula is C24H29FO6. The molecule has 0 aromatic carbocycles. The lowest BCUT2D eigenvalue weighted by atomic mass is 9.46. The Balaban J connectivity index is 1.55. The van der Waals surface area contributed by atoms with Crippen molar-refractivity contribution in [3.8, 4) is 0 Å². The Morgan fingerprint density at radius 1 is 1.29 bits per heavy atom. The summed E-state index contributed by atoms with van der Waals surface area (Å²) in [7, 11) is 0. The number of alkyl halides is 1. The Morgan fingerprint density at radius 3 is 2.68 bits per heavy atom. The molecule has 31 heavy (non-hydrogen) atoms. The highest BCUT2D eigenvalue weighted by Gasteiger charge is 2.82. The summed E-state index contributed by atoms with van der Waals surface area (Å²) in [5.74, 6) is -1.96. The molecule has 4 aliphatic carbocycles. The van der Waals surface area contributed by atoms with Crippen molar-refractivity contribution in [3.63, 3.8) is 0 Å². The standard InChI is InChI=1S/C24H29FO6/c1-12-7-15-16-9-18(25)17-8-14(27)5-6-21(17,3)24(16)20(31-24)10-22(15,4)23(12,29)19(28)11-30-13(2)26/h5-6,8,12,15-16,18,20,29H,7,9-11H2,1-4H3/t12-,15-,16-,18-,20+,21-,22-,23-,24+/m0/s1. The fourth-order valence-corrected chi connectivity index (χ4v) is 7.85. The van der Waals surface area contributed by atoms with Crippen LogP contribution in [0.3, 0.4) is 0 Å². The third-order valence-electron chi connectivity index (χ3n) is 9.33. The number of fused-ring (bicyclic) bond motifs is 3. The van der Waals surface area contributed by atoms with E-state index in [0.29, 0.717) is 18.4 Å². The molecule has 168 valence electrons. The Hall–Kier alpha value is -1.86. The van der Waals surface area contributed by atoms with Gasteiger partial charge >= 0.3 is 5.97 Å². The van der Waals surface area contributed by atoms with Gasteiger partial charge in [-0.05, 0) is 61.7 Å². The van der Waals surface area contributed by atoms with E-state index < -0.39 is 46.6 Å². The number of esters is 1. The van der Waals surface area contributed by atoms with Crippen LogP contribution < -0.4 is 0 Å². The predicted molar refractivity (Wildman–Crippen MR) is 108 cm³/mol. The van der Waals surface area contributed by atoms with Crippen LogP contribution in [0.25, 0.3) is 0 Å². The third kappa shape index (κ3) is 2.31. The van der Waals surface area contributed by atoms with Crippen LogP contribution in [0.15, 0.2) is 23.8 Å². The first-order valence-corrected chi connectivity index (χ1v) is 11.1. The minimum absolute atomic E-state index is 0.129. The van der Waals surface area contributed by atoms with Gasteiger partial charge in [-0.25, -0.2) is 4.39 Å². The Labute approximate surface area is 180 Å². The summed E-state index contributed by atoms with van der Waals surface area (Å²) >= 11 is 0. The number of carbonyl (C=O) groups excluding carboxylic acids is 3. The molecule has 7 heteroatoms. The van der Waals surface area contributed by atoms with Crippen LogP contribution in [0, 0.1) is 28.6 Å². The van der Waals surface area contributed by atoms with Crippen LogP contribution in [0.4, 0.5) is 4.39 Å². The zero-order valence-electron chi connectivity index (χ0n) is 18.3. The van der Waals surface area contributed by atoms with E-state index in [-0.39, 0.29) is 36.1 Å². The number of epoxide rings is 1. The van der Waals surface area contributed by atoms with Gasteiger partial charge in [0.2, 0.25) is 5.78 Å². The van der Waals surface area contributed by atoms with Crippen molar-refractivity contribution >= 4 is 17.5 Å². The van der Waals surface area contributed by atoms with Gasteiger partial charge in [0.15, 0.2) is 12.4 Å². The molecule has 0 aromatic heterocycles. The van der Waals surface area contributed by atoms with E-state index in [2.05, 4.69) is 0 Å². The quantitative estimate of drug-likeness (QED) is 0.544. The summed E-state index contributed by atoms with van der Waals surface area (Å²) in [6, 6.07) is 0. The number of ether oxygens (including phenoxy) is 2. The topological polar surface area (TPSA) is 93.2 Å². The van der Waals surface area contributed by atoms with E-state index >= 15 is 4.39 Å². The number of rotatable bonds is 3. The van der Waals surface area contributed by atoms with Crippen molar-refractivity contribution in [3.05, 3.63) is 23.8 Å². The SMILES string of the molecule is CC(=O)OCC(=O)[C@@]1(O)[C@@H](C)C[C@H]2[C@@H]3C[C@H](F)C4=CC(=O)C=C[C@]4(C)[C@@]34O[C@@H]4C[C@@]21C. The van der Waals surface area contributed by atoms with Gasteiger partial charge < -0.3 is 14.6 Å². The summed E-state index contributed by atoms with van der Waals surface area (Å²) in [6.45, 7) is 6.45. The summed E-state index contributed by atoms with van der Waals surface area (Å²) in [5.41, 5.74) is -3.35. The van der Waals surface area contributed by atoms with Crippen LogP contribution in [0.5, 0.6) is 0 Å². The predicted octanol–water partition coefficient (Wildman–Crippen LogP) is 2.48. The highest BCUT2D eigenvalue weighted by atomic mass is 19.1. The maximum absolute atomic E-state index is 15.4. The van der Waals surface area contributed by atoms with Crippen molar-refractivity contribution in [2.24, 2.45) is 28.6 Å². The summed E-state index contributed by atoms with van der Waals surface area (Å²) in [5, 5.41) is 11.8. The highest BCUT2D eigenvalue weighted by molar-refractivity contribution is 6.01. The number of hydrogen-bond donors (Lipinski definition) is 1. The fraction of sp³-hybridized carbons (Fsp3) is 0.708.